The molecule has 7 nitrogen and oxygen atoms in total. The predicted octanol–water partition coefficient (Wildman–Crippen LogP) is 18.7. The summed E-state index contributed by atoms with van der Waals surface area (Å²) in [4.78, 5) is 0. The van der Waals surface area contributed by atoms with Gasteiger partial charge in [0.1, 0.15) is 0 Å². The second-order valence-electron chi connectivity index (χ2n) is 17.3. The summed E-state index contributed by atoms with van der Waals surface area (Å²) in [5.74, 6) is 1.63. The summed E-state index contributed by atoms with van der Waals surface area (Å²) in [5, 5.41) is 37.9. The summed E-state index contributed by atoms with van der Waals surface area (Å²) in [5.41, 5.74) is 9.66. The largest absolute Gasteiger partial charge is 0.382 e. The smallest absolute Gasteiger partial charge is 0.0936 e. The highest BCUT2D eigenvalue weighted by Crippen LogP contribution is 2.41. The Morgan fingerprint density at radius 3 is 1.32 bits per heavy atom. The number of rotatable bonds is 14. The standard InChI is InChI=1S/C56H55N7/c1-4-5-6-13-39-20-22-40(23-21-39)41-24-26-42(27-25-41)43-28-30-44(31-29-43)58-59-52-34-35-54(48-17-10-9-16-47(48)52)62-63-56-37-36-55(49-18-11-12-19-50(49)56)61-60-53-33-32-51(57-38(2)3)45-14-7-8-15-46(45)53/h7-12,14-19,24-40,57H,4-6,13,20-23H2,1-3H3. The number of anilines is 1. The van der Waals surface area contributed by atoms with Gasteiger partial charge in [-0.05, 0) is 117 Å². The Morgan fingerprint density at radius 1 is 0.444 bits per heavy atom. The van der Waals surface area contributed by atoms with Crippen molar-refractivity contribution in [1.29, 1.82) is 0 Å². The van der Waals surface area contributed by atoms with Gasteiger partial charge >= 0.3 is 0 Å². The van der Waals surface area contributed by atoms with Crippen molar-refractivity contribution in [2.24, 2.45) is 36.6 Å². The van der Waals surface area contributed by atoms with Gasteiger partial charge in [0.05, 0.1) is 34.1 Å². The van der Waals surface area contributed by atoms with Gasteiger partial charge < -0.3 is 5.32 Å². The molecule has 0 aromatic heterocycles. The Bertz CT molecular complexity index is 2920. The van der Waals surface area contributed by atoms with Crippen LogP contribution in [0.3, 0.4) is 0 Å². The fraction of sp³-hybridized carbons (Fsp3) is 0.250. The molecule has 7 heteroatoms. The average molecular weight is 826 g/mol. The number of nitrogens with zero attached hydrogens (tertiary/aromatic N) is 6. The van der Waals surface area contributed by atoms with Gasteiger partial charge in [-0.1, -0.05) is 142 Å². The maximum Gasteiger partial charge on any atom is 0.0936 e. The second kappa shape index (κ2) is 19.5. The molecule has 1 N–H and O–H groups in total. The molecule has 314 valence electrons. The topological polar surface area (TPSA) is 86.2 Å². The van der Waals surface area contributed by atoms with E-state index in [1.165, 1.54) is 68.1 Å². The van der Waals surface area contributed by atoms with E-state index < -0.39 is 0 Å². The van der Waals surface area contributed by atoms with Crippen LogP contribution in [0, 0.1) is 5.92 Å². The Hall–Kier alpha value is -6.86. The van der Waals surface area contributed by atoms with Gasteiger partial charge in [-0.2, -0.15) is 5.11 Å². The van der Waals surface area contributed by atoms with Crippen molar-refractivity contribution in [2.75, 3.05) is 5.32 Å². The summed E-state index contributed by atoms with van der Waals surface area (Å²) in [6.45, 7) is 6.58. The summed E-state index contributed by atoms with van der Waals surface area (Å²) in [6, 6.07) is 54.4. The van der Waals surface area contributed by atoms with Crippen LogP contribution in [0.5, 0.6) is 0 Å². The van der Waals surface area contributed by atoms with Crippen LogP contribution in [0.4, 0.5) is 39.8 Å². The van der Waals surface area contributed by atoms with Crippen LogP contribution in [0.15, 0.2) is 188 Å². The molecule has 1 fully saturated rings. The van der Waals surface area contributed by atoms with Gasteiger partial charge in [-0.15, -0.1) is 25.6 Å². The molecule has 0 spiro atoms. The molecule has 0 heterocycles. The lowest BCUT2D eigenvalue weighted by atomic mass is 9.77. The maximum atomic E-state index is 4.78. The first-order valence-corrected chi connectivity index (χ1v) is 22.8. The first-order valence-electron chi connectivity index (χ1n) is 22.8. The Kier molecular flexibility index (Phi) is 12.8. The Balaban J connectivity index is 0.889. The van der Waals surface area contributed by atoms with Crippen LogP contribution in [0.1, 0.15) is 83.6 Å². The molecule has 0 radical (unpaired) electrons. The molecule has 0 amide bonds. The van der Waals surface area contributed by atoms with E-state index in [4.69, 9.17) is 25.6 Å². The lowest BCUT2D eigenvalue weighted by Crippen LogP contribution is -2.13. The molecular formula is C56H55N7. The molecule has 1 aliphatic carbocycles. The Morgan fingerprint density at radius 2 is 0.857 bits per heavy atom. The molecule has 8 aromatic carbocycles. The number of nitrogens with one attached hydrogen (secondary N) is 1. The van der Waals surface area contributed by atoms with E-state index in [9.17, 15) is 0 Å². The zero-order valence-electron chi connectivity index (χ0n) is 36.6. The van der Waals surface area contributed by atoms with E-state index in [1.54, 1.807) is 0 Å². The van der Waals surface area contributed by atoms with Crippen molar-refractivity contribution in [3.05, 3.63) is 163 Å². The molecule has 63 heavy (non-hydrogen) atoms. The highest BCUT2D eigenvalue weighted by molar-refractivity contribution is 6.02. The SMILES string of the molecule is CCCCCC1CCC(c2ccc(-c3ccc(N=Nc4ccc(N=Nc5ccc(N=Nc6ccc(NC(C)C)c7ccccc67)c6ccccc56)c5ccccc45)cc3)cc2)CC1. The number of hydrogen-bond donors (Lipinski definition) is 1. The van der Waals surface area contributed by atoms with E-state index in [1.807, 2.05) is 72.8 Å². The average Bonchev–Trinajstić information content (AvgIpc) is 3.33. The fourth-order valence-electron chi connectivity index (χ4n) is 9.15. The van der Waals surface area contributed by atoms with Gasteiger partial charge in [0.15, 0.2) is 0 Å². The van der Waals surface area contributed by atoms with Crippen LogP contribution in [-0.2, 0) is 0 Å². The van der Waals surface area contributed by atoms with Crippen molar-refractivity contribution in [2.45, 2.75) is 84.1 Å². The fourth-order valence-corrected chi connectivity index (χ4v) is 9.15. The third kappa shape index (κ3) is 9.63. The molecule has 8 aromatic rings. The van der Waals surface area contributed by atoms with E-state index in [0.29, 0.717) is 12.0 Å². The van der Waals surface area contributed by atoms with Gasteiger partial charge in [0.25, 0.3) is 0 Å². The van der Waals surface area contributed by atoms with Gasteiger partial charge in [-0.3, -0.25) is 0 Å². The lowest BCUT2D eigenvalue weighted by molar-refractivity contribution is 0.303. The highest BCUT2D eigenvalue weighted by Gasteiger charge is 2.22. The lowest BCUT2D eigenvalue weighted by Gasteiger charge is -2.29. The van der Waals surface area contributed by atoms with Crippen LogP contribution in [0.25, 0.3) is 43.4 Å². The van der Waals surface area contributed by atoms with Crippen LogP contribution >= 0.6 is 0 Å². The molecule has 0 atom stereocenters. The molecule has 0 bridgehead atoms. The van der Waals surface area contributed by atoms with Crippen LogP contribution < -0.4 is 5.32 Å². The number of hydrogen-bond acceptors (Lipinski definition) is 7. The van der Waals surface area contributed by atoms with E-state index in [2.05, 4.69) is 116 Å². The van der Waals surface area contributed by atoms with Crippen molar-refractivity contribution in [3.63, 3.8) is 0 Å². The van der Waals surface area contributed by atoms with E-state index in [-0.39, 0.29) is 0 Å². The normalized spacial score (nSPS) is 15.8. The summed E-state index contributed by atoms with van der Waals surface area (Å²) < 4.78 is 0. The first-order chi connectivity index (χ1) is 31.0. The van der Waals surface area contributed by atoms with Crippen LogP contribution in [0.2, 0.25) is 0 Å². The maximum absolute atomic E-state index is 4.78. The Labute approximate surface area is 371 Å². The minimum absolute atomic E-state index is 0.320. The number of benzene rings is 8. The number of fused-ring (bicyclic) bond motifs is 3. The number of unbranched alkanes of at least 4 members (excludes halogenated alkanes) is 2. The third-order valence-corrected chi connectivity index (χ3v) is 12.6. The van der Waals surface area contributed by atoms with Crippen molar-refractivity contribution < 1.29 is 0 Å². The van der Waals surface area contributed by atoms with E-state index >= 15 is 0 Å². The highest BCUT2D eigenvalue weighted by atomic mass is 15.1. The van der Waals surface area contributed by atoms with Gasteiger partial charge in [-0.25, -0.2) is 0 Å². The van der Waals surface area contributed by atoms with E-state index in [0.717, 1.165) is 78.0 Å². The molecule has 1 aliphatic rings. The minimum atomic E-state index is 0.320. The molecule has 0 unspecified atom stereocenters. The monoisotopic (exact) mass is 825 g/mol. The van der Waals surface area contributed by atoms with Crippen molar-refractivity contribution >= 4 is 72.1 Å². The molecule has 0 aliphatic heterocycles. The minimum Gasteiger partial charge on any atom is -0.382 e. The summed E-state index contributed by atoms with van der Waals surface area (Å²) >= 11 is 0. The third-order valence-electron chi connectivity index (χ3n) is 12.6. The zero-order chi connectivity index (χ0) is 43.0. The van der Waals surface area contributed by atoms with Crippen molar-refractivity contribution in [1.82, 2.24) is 0 Å². The molecule has 0 saturated heterocycles. The van der Waals surface area contributed by atoms with Crippen molar-refractivity contribution in [3.8, 4) is 11.1 Å². The summed E-state index contributed by atoms with van der Waals surface area (Å²) in [6.07, 6.45) is 10.9. The number of azo groups is 3. The van der Waals surface area contributed by atoms with Gasteiger partial charge in [0, 0.05) is 44.0 Å². The van der Waals surface area contributed by atoms with Gasteiger partial charge in [0.2, 0.25) is 0 Å². The quantitative estimate of drug-likeness (QED) is 0.0859. The second-order valence-corrected chi connectivity index (χ2v) is 17.3. The molecular weight excluding hydrogens is 771 g/mol. The van der Waals surface area contributed by atoms with Crippen LogP contribution in [-0.4, -0.2) is 6.04 Å². The molecule has 1 saturated carbocycles. The summed E-state index contributed by atoms with van der Waals surface area (Å²) in [7, 11) is 0. The predicted molar refractivity (Wildman–Crippen MR) is 264 cm³/mol. The first kappa shape index (κ1) is 41.5. The molecule has 9 rings (SSSR count). The zero-order valence-corrected chi connectivity index (χ0v) is 36.6.